The summed E-state index contributed by atoms with van der Waals surface area (Å²) in [7, 11) is -3.53. The Morgan fingerprint density at radius 3 is 2.12 bits per heavy atom. The first kappa shape index (κ1) is 39.2. The first-order chi connectivity index (χ1) is 23.6. The van der Waals surface area contributed by atoms with Gasteiger partial charge in [-0.3, -0.25) is 9.59 Å². The molecule has 0 saturated heterocycles. The summed E-state index contributed by atoms with van der Waals surface area (Å²) in [5, 5.41) is 19.7. The Morgan fingerprint density at radius 1 is 0.694 bits per heavy atom. The number of ether oxygens (including phenoxy) is 4. The second-order valence-corrected chi connectivity index (χ2v) is 13.8. The zero-order valence-corrected chi connectivity index (χ0v) is 29.7. The number of sulfone groups is 1. The minimum Gasteiger partial charge on any atom is -0.504 e. The molecule has 0 amide bonds. The van der Waals surface area contributed by atoms with Crippen LogP contribution >= 0.6 is 0 Å². The van der Waals surface area contributed by atoms with Gasteiger partial charge in [-0.2, -0.15) is 0 Å². The van der Waals surface area contributed by atoms with Crippen LogP contribution in [0.5, 0.6) is 23.0 Å². The van der Waals surface area contributed by atoms with Gasteiger partial charge in [0.15, 0.2) is 21.3 Å². The number of unbranched alkanes of at least 4 members (excludes halogenated alkanes) is 3. The minimum atomic E-state index is -3.53. The molecule has 0 radical (unpaired) electrons. The number of carbonyl (C=O) groups excluding carboxylic acids is 2. The molecule has 0 fully saturated rings. The van der Waals surface area contributed by atoms with Crippen molar-refractivity contribution in [1.82, 2.24) is 0 Å². The Balaban J connectivity index is 1.58. The van der Waals surface area contributed by atoms with Gasteiger partial charge in [-0.15, -0.1) is 0 Å². The van der Waals surface area contributed by atoms with Crippen LogP contribution in [0.3, 0.4) is 0 Å². The second-order valence-electron chi connectivity index (χ2n) is 11.7. The van der Waals surface area contributed by atoms with Crippen LogP contribution in [0.4, 0.5) is 0 Å². The predicted molar refractivity (Wildman–Crippen MR) is 188 cm³/mol. The molecule has 11 heteroatoms. The van der Waals surface area contributed by atoms with Gasteiger partial charge < -0.3 is 29.2 Å². The van der Waals surface area contributed by atoms with E-state index in [9.17, 15) is 28.2 Å². The molecule has 3 rings (SSSR count). The molecule has 0 aliphatic rings. The van der Waals surface area contributed by atoms with Crippen molar-refractivity contribution in [3.05, 3.63) is 65.7 Å². The molecule has 0 bridgehead atoms. The maximum atomic E-state index is 12.9. The Hall–Kier alpha value is -4.25. The zero-order valence-electron chi connectivity index (χ0n) is 28.9. The smallest absolute Gasteiger partial charge is 0.306 e. The first-order valence-corrected chi connectivity index (χ1v) is 18.8. The van der Waals surface area contributed by atoms with Crippen LogP contribution in [-0.2, 0) is 41.7 Å². The number of carbonyl (C=O) groups is 2. The fraction of sp³-hybridized carbons (Fsp3) is 0.474. The summed E-state index contributed by atoms with van der Waals surface area (Å²) in [6.07, 6.45) is 6.35. The van der Waals surface area contributed by atoms with Crippen molar-refractivity contribution in [3.63, 3.8) is 0 Å². The van der Waals surface area contributed by atoms with E-state index in [1.54, 1.807) is 38.1 Å². The molecule has 268 valence electrons. The fourth-order valence-electron chi connectivity index (χ4n) is 5.41. The van der Waals surface area contributed by atoms with Gasteiger partial charge in [-0.05, 0) is 111 Å². The summed E-state index contributed by atoms with van der Waals surface area (Å²) in [6, 6.07) is 15.1. The molecule has 49 heavy (non-hydrogen) atoms. The number of aryl methyl sites for hydroxylation is 1. The van der Waals surface area contributed by atoms with Crippen LogP contribution in [0, 0.1) is 0 Å². The lowest BCUT2D eigenvalue weighted by atomic mass is 9.96. The normalized spacial score (nSPS) is 11.2. The fourth-order valence-corrected chi connectivity index (χ4v) is 6.78. The van der Waals surface area contributed by atoms with Gasteiger partial charge in [0.05, 0.1) is 37.1 Å². The van der Waals surface area contributed by atoms with Crippen LogP contribution in [-0.4, -0.2) is 62.7 Å². The van der Waals surface area contributed by atoms with Crippen molar-refractivity contribution in [2.24, 2.45) is 0 Å². The summed E-state index contributed by atoms with van der Waals surface area (Å²) >= 11 is 0. The second kappa shape index (κ2) is 20.3. The monoisotopic (exact) mass is 698 g/mol. The molecule has 2 N–H and O–H groups in total. The average Bonchev–Trinajstić information content (AvgIpc) is 3.07. The van der Waals surface area contributed by atoms with E-state index in [4.69, 9.17) is 18.9 Å². The van der Waals surface area contributed by atoms with Crippen LogP contribution in [0.1, 0.15) is 83.3 Å². The van der Waals surface area contributed by atoms with Gasteiger partial charge in [0.25, 0.3) is 0 Å². The highest BCUT2D eigenvalue weighted by Crippen LogP contribution is 2.34. The predicted octanol–water partition coefficient (Wildman–Crippen LogP) is 7.35. The molecule has 0 atom stereocenters. The Bertz CT molecular complexity index is 1620. The molecule has 3 aromatic rings. The highest BCUT2D eigenvalue weighted by atomic mass is 32.2. The number of benzene rings is 3. The number of esters is 2. The number of rotatable bonds is 22. The lowest BCUT2D eigenvalue weighted by Gasteiger charge is -2.16. The summed E-state index contributed by atoms with van der Waals surface area (Å²) in [6.45, 7) is 6.81. The molecule has 10 nitrogen and oxygen atoms in total. The van der Waals surface area contributed by atoms with Crippen molar-refractivity contribution in [2.75, 3.05) is 32.2 Å². The molecule has 0 heterocycles. The van der Waals surface area contributed by atoms with Crippen molar-refractivity contribution in [2.45, 2.75) is 89.9 Å². The summed E-state index contributed by atoms with van der Waals surface area (Å²) in [5.41, 5.74) is 3.21. The number of hydrogen-bond acceptors (Lipinski definition) is 10. The van der Waals surface area contributed by atoms with E-state index >= 15 is 0 Å². The van der Waals surface area contributed by atoms with E-state index in [0.29, 0.717) is 68.3 Å². The van der Waals surface area contributed by atoms with E-state index in [1.165, 1.54) is 12.1 Å². The van der Waals surface area contributed by atoms with Crippen LogP contribution in [0.25, 0.3) is 11.1 Å². The van der Waals surface area contributed by atoms with E-state index in [0.717, 1.165) is 43.2 Å². The van der Waals surface area contributed by atoms with Gasteiger partial charge in [-0.1, -0.05) is 38.0 Å². The van der Waals surface area contributed by atoms with Crippen molar-refractivity contribution >= 4 is 21.8 Å². The largest absolute Gasteiger partial charge is 0.504 e. The maximum absolute atomic E-state index is 12.9. The molecule has 3 aromatic carbocycles. The quantitative estimate of drug-likeness (QED) is 0.0621. The zero-order chi connectivity index (χ0) is 35.6. The lowest BCUT2D eigenvalue weighted by molar-refractivity contribution is -0.144. The van der Waals surface area contributed by atoms with Crippen LogP contribution in [0.2, 0.25) is 0 Å². The summed E-state index contributed by atoms with van der Waals surface area (Å²) < 4.78 is 48.0. The minimum absolute atomic E-state index is 0.00573. The van der Waals surface area contributed by atoms with Crippen LogP contribution < -0.4 is 9.47 Å². The third-order valence-electron chi connectivity index (χ3n) is 7.83. The molecule has 0 saturated carbocycles. The Morgan fingerprint density at radius 2 is 1.41 bits per heavy atom. The maximum Gasteiger partial charge on any atom is 0.306 e. The number of hydrogen-bond donors (Lipinski definition) is 2. The van der Waals surface area contributed by atoms with Gasteiger partial charge in [0, 0.05) is 12.8 Å². The Kier molecular flexibility index (Phi) is 16.2. The standard InChI is InChI=1S/C38H50O10S/c1-4-23-49(43,44)32-25-30(29-17-19-34(39)35(40)26-29)24-31(27-32)47-21-10-8-7-9-13-28-14-11-15-36(33(28)18-20-38(42)46-6-3)48-22-12-16-37(41)45-5-2/h11,14-15,17,19,24-27,39-40H,4-10,12-13,16,18,20-23H2,1-3H3. The highest BCUT2D eigenvalue weighted by Gasteiger charge is 2.18. The SMILES string of the molecule is CCCS(=O)(=O)c1cc(OCCCCCCc2cccc(OCCCC(=O)OCC)c2CCC(=O)OCC)cc(-c2ccc(O)c(O)c2)c1. The molecule has 0 spiro atoms. The van der Waals surface area contributed by atoms with Crippen molar-refractivity contribution in [3.8, 4) is 34.1 Å². The molecule has 0 aromatic heterocycles. The number of aromatic hydroxyl groups is 2. The number of phenolic OH excluding ortho intramolecular Hbond substituents is 2. The van der Waals surface area contributed by atoms with Gasteiger partial charge in [-0.25, -0.2) is 8.42 Å². The van der Waals surface area contributed by atoms with E-state index in [2.05, 4.69) is 6.07 Å². The first-order valence-electron chi connectivity index (χ1n) is 17.2. The van der Waals surface area contributed by atoms with Crippen molar-refractivity contribution < 1.29 is 47.2 Å². The Labute approximate surface area is 290 Å². The molecular formula is C38H50O10S. The van der Waals surface area contributed by atoms with Gasteiger partial charge in [0.1, 0.15) is 11.5 Å². The topological polar surface area (TPSA) is 146 Å². The lowest BCUT2D eigenvalue weighted by Crippen LogP contribution is -2.10. The highest BCUT2D eigenvalue weighted by molar-refractivity contribution is 7.91. The van der Waals surface area contributed by atoms with Gasteiger partial charge >= 0.3 is 11.9 Å². The third-order valence-corrected chi connectivity index (χ3v) is 9.73. The van der Waals surface area contributed by atoms with E-state index in [-0.39, 0.29) is 46.9 Å². The summed E-state index contributed by atoms with van der Waals surface area (Å²) in [5.74, 6) is 0.0823. The number of phenols is 2. The van der Waals surface area contributed by atoms with E-state index < -0.39 is 9.84 Å². The molecular weight excluding hydrogens is 648 g/mol. The van der Waals surface area contributed by atoms with Crippen LogP contribution in [0.15, 0.2) is 59.5 Å². The van der Waals surface area contributed by atoms with Crippen molar-refractivity contribution in [1.29, 1.82) is 0 Å². The average molecular weight is 699 g/mol. The molecule has 0 unspecified atom stereocenters. The molecule has 0 aliphatic heterocycles. The molecule has 0 aliphatic carbocycles. The van der Waals surface area contributed by atoms with Gasteiger partial charge in [0.2, 0.25) is 0 Å². The van der Waals surface area contributed by atoms with E-state index in [1.807, 2.05) is 19.1 Å². The summed E-state index contributed by atoms with van der Waals surface area (Å²) in [4.78, 5) is 24.0. The third kappa shape index (κ3) is 12.9.